The second kappa shape index (κ2) is 12.4. The normalized spacial score (nSPS) is 10.7. The van der Waals surface area contributed by atoms with E-state index in [2.05, 4.69) is 10.6 Å². The van der Waals surface area contributed by atoms with Gasteiger partial charge in [0.15, 0.2) is 0 Å². The molecule has 6 heteroatoms. The molecule has 0 spiro atoms. The zero-order chi connectivity index (χ0) is 22.6. The zero-order valence-electron chi connectivity index (χ0n) is 18.0. The lowest BCUT2D eigenvalue weighted by Gasteiger charge is -2.21. The number of nitrogens with one attached hydrogen (secondary N) is 2. The first kappa shape index (κ1) is 23.2. The number of anilines is 1. The Morgan fingerprint density at radius 2 is 1.41 bits per heavy atom. The number of hydrogen-bond donors (Lipinski definition) is 3. The Morgan fingerprint density at radius 3 is 2.09 bits per heavy atom. The monoisotopic (exact) mass is 431 g/mol. The van der Waals surface area contributed by atoms with Gasteiger partial charge >= 0.3 is 0 Å². The quantitative estimate of drug-likeness (QED) is 0.436. The number of aliphatic hydroxyl groups excluding tert-OH is 1. The fraction of sp³-hybridized carbons (Fsp3) is 0.231. The van der Waals surface area contributed by atoms with Crippen molar-refractivity contribution in [3.8, 4) is 0 Å². The largest absolute Gasteiger partial charge is 0.395 e. The van der Waals surface area contributed by atoms with Crippen LogP contribution in [0.4, 0.5) is 5.69 Å². The van der Waals surface area contributed by atoms with Crippen LogP contribution in [0, 0.1) is 0 Å². The molecule has 0 aromatic heterocycles. The van der Waals surface area contributed by atoms with Crippen LogP contribution in [0.25, 0.3) is 0 Å². The molecular weight excluding hydrogens is 402 g/mol. The van der Waals surface area contributed by atoms with Gasteiger partial charge in [-0.05, 0) is 29.7 Å². The molecule has 0 aliphatic carbocycles. The van der Waals surface area contributed by atoms with E-state index in [0.717, 1.165) is 12.0 Å². The Morgan fingerprint density at radius 1 is 0.781 bits per heavy atom. The van der Waals surface area contributed by atoms with Gasteiger partial charge in [0.2, 0.25) is 5.91 Å². The number of hydrogen-bond acceptors (Lipinski definition) is 4. The van der Waals surface area contributed by atoms with Crippen molar-refractivity contribution in [2.45, 2.75) is 13.0 Å². The van der Waals surface area contributed by atoms with Gasteiger partial charge in [0, 0.05) is 19.6 Å². The molecule has 6 nitrogen and oxygen atoms in total. The number of nitrogens with zero attached hydrogens (tertiary/aromatic N) is 1. The highest BCUT2D eigenvalue weighted by Crippen LogP contribution is 2.15. The van der Waals surface area contributed by atoms with E-state index < -0.39 is 0 Å². The average molecular weight is 432 g/mol. The smallest absolute Gasteiger partial charge is 0.253 e. The van der Waals surface area contributed by atoms with Crippen LogP contribution < -0.4 is 10.6 Å². The first-order valence-electron chi connectivity index (χ1n) is 10.7. The summed E-state index contributed by atoms with van der Waals surface area (Å²) in [5.74, 6) is -0.476. The summed E-state index contributed by atoms with van der Waals surface area (Å²) in [6.45, 7) is 1.57. The summed E-state index contributed by atoms with van der Waals surface area (Å²) in [5, 5.41) is 15.1. The molecular formula is C26H29N3O3. The Bertz CT molecular complexity index is 993. The van der Waals surface area contributed by atoms with Crippen molar-refractivity contribution in [1.29, 1.82) is 0 Å². The summed E-state index contributed by atoms with van der Waals surface area (Å²) < 4.78 is 0. The average Bonchev–Trinajstić information content (AvgIpc) is 2.83. The molecule has 0 unspecified atom stereocenters. The first-order chi connectivity index (χ1) is 15.7. The first-order valence-corrected chi connectivity index (χ1v) is 10.7. The number of aliphatic hydroxyl groups is 1. The van der Waals surface area contributed by atoms with E-state index in [-0.39, 0.29) is 25.0 Å². The van der Waals surface area contributed by atoms with Gasteiger partial charge in [-0.15, -0.1) is 0 Å². The van der Waals surface area contributed by atoms with E-state index in [1.54, 1.807) is 24.3 Å². The van der Waals surface area contributed by atoms with E-state index in [1.165, 1.54) is 5.56 Å². The zero-order valence-corrected chi connectivity index (χ0v) is 18.0. The van der Waals surface area contributed by atoms with Crippen molar-refractivity contribution in [1.82, 2.24) is 10.2 Å². The summed E-state index contributed by atoms with van der Waals surface area (Å²) in [6.07, 6.45) is 0.784. The number of carbonyl (C=O) groups excluding carboxylic acids is 2. The van der Waals surface area contributed by atoms with Crippen molar-refractivity contribution in [2.24, 2.45) is 0 Å². The second-order valence-electron chi connectivity index (χ2n) is 7.50. The third-order valence-corrected chi connectivity index (χ3v) is 5.08. The number of benzene rings is 3. The standard InChI is InChI=1S/C26H29N3O3/c30-18-17-29(16-15-21-9-3-1-4-10-21)20-25(31)28-24-14-8-7-13-23(24)26(32)27-19-22-11-5-2-6-12-22/h1-14,30H,15-20H2,(H,27,32)(H,28,31). The van der Waals surface area contributed by atoms with Gasteiger partial charge in [-0.25, -0.2) is 0 Å². The fourth-order valence-electron chi connectivity index (χ4n) is 3.40. The minimum Gasteiger partial charge on any atom is -0.395 e. The highest BCUT2D eigenvalue weighted by Gasteiger charge is 2.15. The topological polar surface area (TPSA) is 81.7 Å². The maximum Gasteiger partial charge on any atom is 0.253 e. The Labute approximate surface area is 188 Å². The van der Waals surface area contributed by atoms with E-state index in [9.17, 15) is 14.7 Å². The minimum absolute atomic E-state index is 0.0272. The maximum atomic E-state index is 12.7. The lowest BCUT2D eigenvalue weighted by molar-refractivity contribution is -0.117. The van der Waals surface area contributed by atoms with Gasteiger partial charge in [0.1, 0.15) is 0 Å². The highest BCUT2D eigenvalue weighted by molar-refractivity contribution is 6.04. The van der Waals surface area contributed by atoms with Crippen LogP contribution >= 0.6 is 0 Å². The lowest BCUT2D eigenvalue weighted by Crippen LogP contribution is -2.37. The van der Waals surface area contributed by atoms with E-state index in [4.69, 9.17) is 0 Å². The van der Waals surface area contributed by atoms with Gasteiger partial charge in [-0.1, -0.05) is 72.8 Å². The third-order valence-electron chi connectivity index (χ3n) is 5.08. The SMILES string of the molecule is O=C(CN(CCO)CCc1ccccc1)Nc1ccccc1C(=O)NCc1ccccc1. The summed E-state index contributed by atoms with van der Waals surface area (Å²) in [5.41, 5.74) is 3.06. The molecule has 0 heterocycles. The highest BCUT2D eigenvalue weighted by atomic mass is 16.3. The molecule has 0 saturated heterocycles. The Hall–Kier alpha value is -3.48. The molecule has 3 rings (SSSR count). The predicted molar refractivity (Wildman–Crippen MR) is 126 cm³/mol. The molecule has 3 aromatic carbocycles. The molecule has 0 radical (unpaired) electrons. The molecule has 0 saturated carbocycles. The Balaban J connectivity index is 1.58. The number of rotatable bonds is 11. The van der Waals surface area contributed by atoms with Crippen molar-refractivity contribution < 1.29 is 14.7 Å². The van der Waals surface area contributed by atoms with Crippen LogP contribution in [-0.4, -0.2) is 48.1 Å². The maximum absolute atomic E-state index is 12.7. The summed E-state index contributed by atoms with van der Waals surface area (Å²) in [7, 11) is 0. The van der Waals surface area contributed by atoms with Crippen LogP contribution in [0.15, 0.2) is 84.9 Å². The molecule has 3 N–H and O–H groups in total. The molecule has 0 atom stereocenters. The molecule has 0 fully saturated rings. The predicted octanol–water partition coefficient (Wildman–Crippen LogP) is 3.09. The summed E-state index contributed by atoms with van der Waals surface area (Å²) >= 11 is 0. The molecule has 166 valence electrons. The lowest BCUT2D eigenvalue weighted by atomic mass is 10.1. The molecule has 0 aliphatic heterocycles. The van der Waals surface area contributed by atoms with Crippen molar-refractivity contribution in [3.63, 3.8) is 0 Å². The molecule has 0 aliphatic rings. The van der Waals surface area contributed by atoms with Gasteiger partial charge in [0.25, 0.3) is 5.91 Å². The van der Waals surface area contributed by atoms with Crippen molar-refractivity contribution in [2.75, 3.05) is 31.6 Å². The number of para-hydroxylation sites is 1. The molecule has 3 aromatic rings. The van der Waals surface area contributed by atoms with Crippen LogP contribution in [0.1, 0.15) is 21.5 Å². The van der Waals surface area contributed by atoms with Gasteiger partial charge in [0.05, 0.1) is 24.4 Å². The van der Waals surface area contributed by atoms with Crippen LogP contribution in [0.3, 0.4) is 0 Å². The number of amides is 2. The van der Waals surface area contributed by atoms with Crippen molar-refractivity contribution in [3.05, 3.63) is 102 Å². The third kappa shape index (κ3) is 7.34. The Kier molecular flexibility index (Phi) is 8.98. The fourth-order valence-corrected chi connectivity index (χ4v) is 3.40. The van der Waals surface area contributed by atoms with E-state index in [1.807, 2.05) is 65.6 Å². The van der Waals surface area contributed by atoms with E-state index in [0.29, 0.717) is 30.9 Å². The van der Waals surface area contributed by atoms with E-state index >= 15 is 0 Å². The van der Waals surface area contributed by atoms with Gasteiger partial charge < -0.3 is 15.7 Å². The van der Waals surface area contributed by atoms with Crippen molar-refractivity contribution >= 4 is 17.5 Å². The van der Waals surface area contributed by atoms with Crippen LogP contribution in [0.5, 0.6) is 0 Å². The molecule has 0 bridgehead atoms. The molecule has 32 heavy (non-hydrogen) atoms. The van der Waals surface area contributed by atoms with Gasteiger partial charge in [-0.3, -0.25) is 14.5 Å². The van der Waals surface area contributed by atoms with Crippen LogP contribution in [-0.2, 0) is 17.8 Å². The second-order valence-corrected chi connectivity index (χ2v) is 7.50. The summed E-state index contributed by atoms with van der Waals surface area (Å²) in [4.78, 5) is 27.3. The van der Waals surface area contributed by atoms with Crippen LogP contribution in [0.2, 0.25) is 0 Å². The minimum atomic E-state index is -0.249. The summed E-state index contributed by atoms with van der Waals surface area (Å²) in [6, 6.07) is 26.6. The molecule has 2 amide bonds. The number of carbonyl (C=O) groups is 2. The van der Waals surface area contributed by atoms with Gasteiger partial charge in [-0.2, -0.15) is 0 Å².